The van der Waals surface area contributed by atoms with Gasteiger partial charge in [-0.1, -0.05) is 23.2 Å². The van der Waals surface area contributed by atoms with Crippen LogP contribution in [0.5, 0.6) is 23.0 Å². The highest BCUT2D eigenvalue weighted by Crippen LogP contribution is 2.42. The number of benzene rings is 2. The lowest BCUT2D eigenvalue weighted by Gasteiger charge is -2.17. The Morgan fingerprint density at radius 1 is 0.886 bits per heavy atom. The average molecular weight is 526 g/mol. The molecule has 0 aliphatic heterocycles. The van der Waals surface area contributed by atoms with Crippen molar-refractivity contribution in [2.24, 2.45) is 10.2 Å². The first-order valence-electron chi connectivity index (χ1n) is 11.2. The van der Waals surface area contributed by atoms with Crippen molar-refractivity contribution in [1.82, 2.24) is 0 Å². The van der Waals surface area contributed by atoms with Crippen LogP contribution in [-0.2, 0) is 9.59 Å². The summed E-state index contributed by atoms with van der Waals surface area (Å²) in [5.41, 5.74) is 0.459. The van der Waals surface area contributed by atoms with E-state index in [1.165, 1.54) is 13.0 Å². The van der Waals surface area contributed by atoms with E-state index in [0.717, 1.165) is 0 Å². The first-order chi connectivity index (χ1) is 16.8. The minimum Gasteiger partial charge on any atom is -0.490 e. The minimum absolute atomic E-state index is 0.152. The molecule has 2 aromatic rings. The van der Waals surface area contributed by atoms with Gasteiger partial charge in [-0.3, -0.25) is 9.59 Å². The Morgan fingerprint density at radius 2 is 1.49 bits per heavy atom. The van der Waals surface area contributed by atoms with E-state index in [9.17, 15) is 9.59 Å². The van der Waals surface area contributed by atoms with E-state index in [0.29, 0.717) is 54.4 Å². The molecule has 0 saturated heterocycles. The van der Waals surface area contributed by atoms with Crippen molar-refractivity contribution in [3.05, 3.63) is 34.3 Å². The number of carbonyl (C=O) groups excluding carboxylic acids is 2. The molecule has 0 spiro atoms. The van der Waals surface area contributed by atoms with Crippen molar-refractivity contribution in [1.29, 1.82) is 0 Å². The van der Waals surface area contributed by atoms with Gasteiger partial charge in [0.05, 0.1) is 32.1 Å². The normalized spacial score (nSPS) is 11.7. The summed E-state index contributed by atoms with van der Waals surface area (Å²) >= 11 is 12.6. The number of azo groups is 1. The minimum atomic E-state index is -1.45. The molecule has 0 heterocycles. The van der Waals surface area contributed by atoms with Gasteiger partial charge in [0.25, 0.3) is 5.91 Å². The van der Waals surface area contributed by atoms with Crippen LogP contribution in [0.2, 0.25) is 10.0 Å². The number of rotatable bonds is 13. The third-order valence-electron chi connectivity index (χ3n) is 4.41. The molecule has 0 fully saturated rings. The fourth-order valence-corrected chi connectivity index (χ4v) is 3.47. The highest BCUT2D eigenvalue weighted by molar-refractivity contribution is 6.34. The van der Waals surface area contributed by atoms with Crippen LogP contribution in [0.25, 0.3) is 0 Å². The van der Waals surface area contributed by atoms with Gasteiger partial charge in [-0.15, -0.1) is 0 Å². The molecule has 2 rings (SSSR count). The van der Waals surface area contributed by atoms with E-state index in [2.05, 4.69) is 15.5 Å². The number of ketones is 1. The van der Waals surface area contributed by atoms with Crippen molar-refractivity contribution in [3.8, 4) is 23.0 Å². The number of hydrogen-bond donors (Lipinski definition) is 1. The summed E-state index contributed by atoms with van der Waals surface area (Å²) < 4.78 is 22.3. The van der Waals surface area contributed by atoms with Gasteiger partial charge in [0.2, 0.25) is 6.04 Å². The fraction of sp³-hybridized carbons (Fsp3) is 0.417. The summed E-state index contributed by atoms with van der Waals surface area (Å²) in [6.07, 6.45) is 0. The number of nitrogens with zero attached hydrogens (tertiary/aromatic N) is 2. The molecule has 0 radical (unpaired) electrons. The molecule has 1 unspecified atom stereocenters. The summed E-state index contributed by atoms with van der Waals surface area (Å²) in [5, 5.41) is 11.1. The van der Waals surface area contributed by atoms with Crippen molar-refractivity contribution >= 4 is 46.3 Å². The Balaban J connectivity index is 2.37. The Morgan fingerprint density at radius 3 is 2.09 bits per heavy atom. The van der Waals surface area contributed by atoms with Crippen LogP contribution in [0.15, 0.2) is 34.5 Å². The Labute approximate surface area is 214 Å². The van der Waals surface area contributed by atoms with Crippen LogP contribution in [0.1, 0.15) is 34.6 Å². The molecule has 0 aliphatic carbocycles. The second-order valence-electron chi connectivity index (χ2n) is 6.96. The van der Waals surface area contributed by atoms with Crippen molar-refractivity contribution in [3.63, 3.8) is 0 Å². The number of halogens is 2. The summed E-state index contributed by atoms with van der Waals surface area (Å²) in [6.45, 7) is 9.93. The van der Waals surface area contributed by atoms with E-state index >= 15 is 0 Å². The van der Waals surface area contributed by atoms with Crippen LogP contribution in [0.4, 0.5) is 11.4 Å². The molecular weight excluding hydrogens is 497 g/mol. The van der Waals surface area contributed by atoms with Gasteiger partial charge in [0.1, 0.15) is 10.7 Å². The quantitative estimate of drug-likeness (QED) is 0.244. The van der Waals surface area contributed by atoms with E-state index in [-0.39, 0.29) is 16.4 Å². The maximum absolute atomic E-state index is 13.0. The van der Waals surface area contributed by atoms with E-state index < -0.39 is 17.7 Å². The average Bonchev–Trinajstić information content (AvgIpc) is 2.80. The van der Waals surface area contributed by atoms with Gasteiger partial charge in [0, 0.05) is 11.1 Å². The zero-order valence-corrected chi connectivity index (χ0v) is 21.8. The molecule has 0 saturated carbocycles. The SMILES string of the molecule is CCOc1cc(Cl)cc(NC(=O)C(N=Nc2ccc(OCC)c(OCC)c2Cl)C(C)=O)c1OCC. The lowest BCUT2D eigenvalue weighted by atomic mass is 10.2. The van der Waals surface area contributed by atoms with Gasteiger partial charge >= 0.3 is 0 Å². The van der Waals surface area contributed by atoms with Gasteiger partial charge in [-0.2, -0.15) is 10.2 Å². The molecule has 0 aliphatic rings. The molecule has 0 aromatic heterocycles. The molecule has 11 heteroatoms. The van der Waals surface area contributed by atoms with Gasteiger partial charge in [0.15, 0.2) is 28.8 Å². The molecular formula is C24H29Cl2N3O6. The Kier molecular flexibility index (Phi) is 11.1. The highest BCUT2D eigenvalue weighted by atomic mass is 35.5. The lowest BCUT2D eigenvalue weighted by Crippen LogP contribution is -2.32. The van der Waals surface area contributed by atoms with Crippen LogP contribution >= 0.6 is 23.2 Å². The summed E-state index contributed by atoms with van der Waals surface area (Å²) in [5.74, 6) is 0.168. The number of nitrogens with one attached hydrogen (secondary N) is 1. The standard InChI is InChI=1S/C24H29Cl2N3O6/c1-6-32-18-11-10-16(20(26)23(18)35-9-4)28-29-21(14(5)30)24(31)27-17-12-15(25)13-19(33-7-2)22(17)34-8-3/h10-13,21H,6-9H2,1-5H3,(H,27,31). The second kappa shape index (κ2) is 13.7. The van der Waals surface area contributed by atoms with E-state index in [1.54, 1.807) is 32.0 Å². The molecule has 1 N–H and O–H groups in total. The maximum Gasteiger partial charge on any atom is 0.258 e. The number of amides is 1. The smallest absolute Gasteiger partial charge is 0.258 e. The zero-order valence-electron chi connectivity index (χ0n) is 20.3. The van der Waals surface area contributed by atoms with Crippen molar-refractivity contribution in [2.75, 3.05) is 31.7 Å². The predicted molar refractivity (Wildman–Crippen MR) is 135 cm³/mol. The second-order valence-corrected chi connectivity index (χ2v) is 7.77. The van der Waals surface area contributed by atoms with Gasteiger partial charge in [-0.05, 0) is 52.8 Å². The fourth-order valence-electron chi connectivity index (χ4n) is 3.01. The third-order valence-corrected chi connectivity index (χ3v) is 4.99. The number of carbonyl (C=O) groups is 2. The molecule has 190 valence electrons. The summed E-state index contributed by atoms with van der Waals surface area (Å²) in [7, 11) is 0. The van der Waals surface area contributed by atoms with E-state index in [4.69, 9.17) is 42.1 Å². The molecule has 2 aromatic carbocycles. The number of Topliss-reactive ketones (excluding diaryl/α,β-unsaturated/α-hetero) is 1. The molecule has 0 bridgehead atoms. The first-order valence-corrected chi connectivity index (χ1v) is 11.9. The van der Waals surface area contributed by atoms with Crippen LogP contribution in [0.3, 0.4) is 0 Å². The topological polar surface area (TPSA) is 108 Å². The zero-order chi connectivity index (χ0) is 26.0. The largest absolute Gasteiger partial charge is 0.490 e. The summed E-state index contributed by atoms with van der Waals surface area (Å²) in [6, 6.07) is 4.83. The number of ether oxygens (including phenoxy) is 4. The molecule has 1 atom stereocenters. The van der Waals surface area contributed by atoms with Gasteiger partial charge in [-0.25, -0.2) is 0 Å². The maximum atomic E-state index is 13.0. The monoisotopic (exact) mass is 525 g/mol. The van der Waals surface area contributed by atoms with Crippen LogP contribution in [-0.4, -0.2) is 44.2 Å². The van der Waals surface area contributed by atoms with Gasteiger partial charge < -0.3 is 24.3 Å². The Bertz CT molecular complexity index is 1080. The van der Waals surface area contributed by atoms with E-state index in [1.807, 2.05) is 13.8 Å². The van der Waals surface area contributed by atoms with Crippen LogP contribution in [0, 0.1) is 0 Å². The van der Waals surface area contributed by atoms with Crippen molar-refractivity contribution < 1.29 is 28.5 Å². The summed E-state index contributed by atoms with van der Waals surface area (Å²) in [4.78, 5) is 25.3. The van der Waals surface area contributed by atoms with Crippen LogP contribution < -0.4 is 24.3 Å². The first kappa shape index (κ1) is 28.2. The third kappa shape index (κ3) is 7.47. The molecule has 35 heavy (non-hydrogen) atoms. The number of hydrogen-bond acceptors (Lipinski definition) is 8. The lowest BCUT2D eigenvalue weighted by molar-refractivity contribution is -0.126. The highest BCUT2D eigenvalue weighted by Gasteiger charge is 2.26. The molecule has 9 nitrogen and oxygen atoms in total. The predicted octanol–water partition coefficient (Wildman–Crippen LogP) is 6.27. The number of anilines is 1. The Hall–Kier alpha value is -3.04. The van der Waals surface area contributed by atoms with Crippen molar-refractivity contribution in [2.45, 2.75) is 40.7 Å². The molecule has 1 amide bonds.